The third-order valence-corrected chi connectivity index (χ3v) is 6.47. The van der Waals surface area contributed by atoms with Crippen molar-refractivity contribution in [3.05, 3.63) is 120 Å². The van der Waals surface area contributed by atoms with Gasteiger partial charge in [0.25, 0.3) is 5.91 Å². The van der Waals surface area contributed by atoms with Gasteiger partial charge in [-0.15, -0.1) is 0 Å². The van der Waals surface area contributed by atoms with Crippen molar-refractivity contribution >= 4 is 11.9 Å². The second-order valence-corrected chi connectivity index (χ2v) is 9.17. The quantitative estimate of drug-likeness (QED) is 0.233. The largest absolute Gasteiger partial charge is 0.467 e. The number of esters is 1. The minimum atomic E-state index is -0.609. The molecule has 0 aliphatic rings. The van der Waals surface area contributed by atoms with Gasteiger partial charge in [-0.3, -0.25) is 4.79 Å². The van der Waals surface area contributed by atoms with Gasteiger partial charge in [0.2, 0.25) is 0 Å². The Labute approximate surface area is 224 Å². The van der Waals surface area contributed by atoms with E-state index in [9.17, 15) is 9.59 Å². The molecular formula is C33H33NO4. The minimum absolute atomic E-state index is 0.0196. The lowest BCUT2D eigenvalue weighted by atomic mass is 9.99. The van der Waals surface area contributed by atoms with E-state index >= 15 is 0 Å². The van der Waals surface area contributed by atoms with E-state index in [2.05, 4.69) is 24.3 Å². The molecule has 38 heavy (non-hydrogen) atoms. The topological polar surface area (TPSA) is 55.8 Å². The van der Waals surface area contributed by atoms with Crippen LogP contribution in [0.15, 0.2) is 103 Å². The molecule has 5 nitrogen and oxygen atoms in total. The molecular weight excluding hydrogens is 474 g/mol. The van der Waals surface area contributed by atoms with Crippen molar-refractivity contribution in [2.24, 2.45) is 0 Å². The fourth-order valence-electron chi connectivity index (χ4n) is 4.44. The monoisotopic (exact) mass is 507 g/mol. The summed E-state index contributed by atoms with van der Waals surface area (Å²) in [7, 11) is 3.20. The maximum absolute atomic E-state index is 13.1. The molecule has 194 valence electrons. The molecule has 0 heterocycles. The average Bonchev–Trinajstić information content (AvgIpc) is 2.97. The average molecular weight is 508 g/mol. The van der Waals surface area contributed by atoms with E-state index in [0.717, 1.165) is 33.4 Å². The fourth-order valence-corrected chi connectivity index (χ4v) is 4.44. The van der Waals surface area contributed by atoms with Gasteiger partial charge in [-0.05, 0) is 58.5 Å². The summed E-state index contributed by atoms with van der Waals surface area (Å²) in [5.41, 5.74) is 7.05. The van der Waals surface area contributed by atoms with Gasteiger partial charge in [0.15, 0.2) is 6.10 Å². The molecule has 0 fully saturated rings. The van der Waals surface area contributed by atoms with Crippen LogP contribution in [0.25, 0.3) is 22.3 Å². The normalized spacial score (nSPS) is 11.6. The molecule has 0 spiro atoms. The van der Waals surface area contributed by atoms with Crippen molar-refractivity contribution in [3.8, 4) is 22.3 Å². The highest BCUT2D eigenvalue weighted by molar-refractivity contribution is 5.94. The zero-order valence-electron chi connectivity index (χ0n) is 22.1. The van der Waals surface area contributed by atoms with Gasteiger partial charge >= 0.3 is 5.97 Å². The Bertz CT molecular complexity index is 1350. The van der Waals surface area contributed by atoms with E-state index < -0.39 is 6.10 Å². The number of carbonyl (C=O) groups excluding carboxylic acids is 2. The van der Waals surface area contributed by atoms with Crippen LogP contribution in [0.1, 0.15) is 28.4 Å². The van der Waals surface area contributed by atoms with Gasteiger partial charge in [-0.1, -0.05) is 84.9 Å². The van der Waals surface area contributed by atoms with Gasteiger partial charge in [0.1, 0.15) is 0 Å². The molecule has 0 aliphatic heterocycles. The Morgan fingerprint density at radius 1 is 0.737 bits per heavy atom. The highest BCUT2D eigenvalue weighted by Crippen LogP contribution is 2.23. The SMILES string of the molecule is CCO[C@@H](Cc1ccc(-c2cccc(CN(C)C(=O)c3ccc(-c4ccccc4)cc3)c2)cc1)C(=O)OC. The van der Waals surface area contributed by atoms with Crippen molar-refractivity contribution < 1.29 is 19.1 Å². The Balaban J connectivity index is 1.41. The molecule has 4 rings (SSSR count). The number of rotatable bonds is 10. The van der Waals surface area contributed by atoms with E-state index in [4.69, 9.17) is 9.47 Å². The van der Waals surface area contributed by atoms with Crippen molar-refractivity contribution in [1.29, 1.82) is 0 Å². The zero-order valence-corrected chi connectivity index (χ0v) is 22.1. The lowest BCUT2D eigenvalue weighted by Crippen LogP contribution is -2.28. The molecule has 0 aromatic heterocycles. The third-order valence-electron chi connectivity index (χ3n) is 6.47. The minimum Gasteiger partial charge on any atom is -0.467 e. The van der Waals surface area contributed by atoms with Crippen molar-refractivity contribution in [3.63, 3.8) is 0 Å². The standard InChI is InChI=1S/C33H33NO4/c1-4-38-31(33(36)37-3)22-24-13-15-28(16-14-24)30-12-8-9-25(21-30)23-34(2)32(35)29-19-17-27(18-20-29)26-10-6-5-7-11-26/h5-21,31H,4,22-23H2,1-3H3/t31-/m0/s1. The Kier molecular flexibility index (Phi) is 9.07. The summed E-state index contributed by atoms with van der Waals surface area (Å²) >= 11 is 0. The summed E-state index contributed by atoms with van der Waals surface area (Å²) in [6.45, 7) is 2.81. The van der Waals surface area contributed by atoms with Crippen LogP contribution in [0.2, 0.25) is 0 Å². The first kappa shape index (κ1) is 26.8. The van der Waals surface area contributed by atoms with E-state index in [0.29, 0.717) is 25.1 Å². The first-order valence-corrected chi connectivity index (χ1v) is 12.8. The van der Waals surface area contributed by atoms with Gasteiger partial charge in [0.05, 0.1) is 7.11 Å². The maximum Gasteiger partial charge on any atom is 0.335 e. The number of nitrogens with zero attached hydrogens (tertiary/aromatic N) is 1. The summed E-state index contributed by atoms with van der Waals surface area (Å²) < 4.78 is 10.4. The van der Waals surface area contributed by atoms with Crippen LogP contribution >= 0.6 is 0 Å². The number of benzene rings is 4. The summed E-state index contributed by atoms with van der Waals surface area (Å²) in [6.07, 6.45) is -0.151. The second-order valence-electron chi connectivity index (χ2n) is 9.17. The van der Waals surface area contributed by atoms with Crippen LogP contribution in [-0.2, 0) is 27.2 Å². The molecule has 0 saturated carbocycles. The van der Waals surface area contributed by atoms with Gasteiger partial charge in [-0.25, -0.2) is 4.79 Å². The van der Waals surface area contributed by atoms with E-state index in [1.165, 1.54) is 7.11 Å². The number of methoxy groups -OCH3 is 1. The summed E-state index contributed by atoms with van der Waals surface area (Å²) in [5, 5.41) is 0. The first-order valence-electron chi connectivity index (χ1n) is 12.8. The molecule has 1 amide bonds. The number of carbonyl (C=O) groups is 2. The Morgan fingerprint density at radius 2 is 1.34 bits per heavy atom. The number of ether oxygens (including phenoxy) is 2. The Hall–Kier alpha value is -4.22. The van der Waals surface area contributed by atoms with Gasteiger partial charge < -0.3 is 14.4 Å². The summed E-state index contributed by atoms with van der Waals surface area (Å²) in [5.74, 6) is -0.386. The number of hydrogen-bond acceptors (Lipinski definition) is 4. The lowest BCUT2D eigenvalue weighted by Gasteiger charge is -2.18. The molecule has 0 bridgehead atoms. The lowest BCUT2D eigenvalue weighted by molar-refractivity contribution is -0.153. The van der Waals surface area contributed by atoms with Gasteiger partial charge in [-0.2, -0.15) is 0 Å². The smallest absolute Gasteiger partial charge is 0.335 e. The number of amides is 1. The molecule has 4 aromatic carbocycles. The van der Waals surface area contributed by atoms with E-state index in [1.807, 2.05) is 92.8 Å². The van der Waals surface area contributed by atoms with Crippen LogP contribution in [0.4, 0.5) is 0 Å². The molecule has 0 radical (unpaired) electrons. The molecule has 0 unspecified atom stereocenters. The molecule has 5 heteroatoms. The molecule has 1 atom stereocenters. The molecule has 0 aliphatic carbocycles. The molecule has 0 N–H and O–H groups in total. The van der Waals surface area contributed by atoms with Crippen LogP contribution in [0, 0.1) is 0 Å². The third kappa shape index (κ3) is 6.75. The highest BCUT2D eigenvalue weighted by Gasteiger charge is 2.20. The molecule has 4 aromatic rings. The van der Waals surface area contributed by atoms with Crippen molar-refractivity contribution in [2.45, 2.75) is 26.0 Å². The van der Waals surface area contributed by atoms with Crippen LogP contribution in [0.5, 0.6) is 0 Å². The Morgan fingerprint density at radius 3 is 2.00 bits per heavy atom. The van der Waals surface area contributed by atoms with Crippen LogP contribution in [0.3, 0.4) is 0 Å². The number of hydrogen-bond donors (Lipinski definition) is 0. The highest BCUT2D eigenvalue weighted by atomic mass is 16.6. The van der Waals surface area contributed by atoms with Crippen molar-refractivity contribution in [2.75, 3.05) is 20.8 Å². The maximum atomic E-state index is 13.1. The molecule has 0 saturated heterocycles. The van der Waals surface area contributed by atoms with Crippen molar-refractivity contribution in [1.82, 2.24) is 4.90 Å². The zero-order chi connectivity index (χ0) is 26.9. The van der Waals surface area contributed by atoms with E-state index in [1.54, 1.807) is 4.90 Å². The van der Waals surface area contributed by atoms with E-state index in [-0.39, 0.29) is 11.9 Å². The summed E-state index contributed by atoms with van der Waals surface area (Å²) in [4.78, 5) is 26.8. The predicted molar refractivity (Wildman–Crippen MR) is 151 cm³/mol. The van der Waals surface area contributed by atoms with Crippen LogP contribution < -0.4 is 0 Å². The first-order chi connectivity index (χ1) is 18.5. The van der Waals surface area contributed by atoms with Gasteiger partial charge in [0, 0.05) is 32.2 Å². The second kappa shape index (κ2) is 12.8. The van der Waals surface area contributed by atoms with Crippen LogP contribution in [-0.4, -0.2) is 43.6 Å². The fraction of sp³-hybridized carbons (Fsp3) is 0.212. The summed E-state index contributed by atoms with van der Waals surface area (Å²) in [6, 6.07) is 34.2. The predicted octanol–water partition coefficient (Wildman–Crippen LogP) is 6.41.